The smallest absolute Gasteiger partial charge is 0.234 e. The van der Waals surface area contributed by atoms with Crippen LogP contribution < -0.4 is 10.6 Å². The highest BCUT2D eigenvalue weighted by atomic mass is 32.2. The summed E-state index contributed by atoms with van der Waals surface area (Å²) in [6, 6.07) is 4.14. The fourth-order valence-electron chi connectivity index (χ4n) is 2.05. The first-order chi connectivity index (χ1) is 9.99. The zero-order valence-electron chi connectivity index (χ0n) is 12.5. The monoisotopic (exact) mass is 322 g/mol. The van der Waals surface area contributed by atoms with Gasteiger partial charge in [-0.1, -0.05) is 40.8 Å². The van der Waals surface area contributed by atoms with Crippen LogP contribution in [0.5, 0.6) is 0 Å². The fourth-order valence-corrected chi connectivity index (χ4v) is 3.55. The van der Waals surface area contributed by atoms with Crippen LogP contribution in [0.2, 0.25) is 0 Å². The van der Waals surface area contributed by atoms with Crippen LogP contribution in [-0.2, 0) is 4.79 Å². The van der Waals surface area contributed by atoms with Gasteiger partial charge in [0.25, 0.3) is 0 Å². The van der Waals surface area contributed by atoms with E-state index in [9.17, 15) is 4.79 Å². The van der Waals surface area contributed by atoms with Gasteiger partial charge in [-0.2, -0.15) is 0 Å². The van der Waals surface area contributed by atoms with E-state index in [4.69, 9.17) is 0 Å². The van der Waals surface area contributed by atoms with Crippen LogP contribution in [0.4, 0.5) is 10.8 Å². The molecule has 5 nitrogen and oxygen atoms in total. The molecule has 1 heterocycles. The summed E-state index contributed by atoms with van der Waals surface area (Å²) in [7, 11) is 1.80. The summed E-state index contributed by atoms with van der Waals surface area (Å²) in [6.07, 6.45) is 0. The van der Waals surface area contributed by atoms with Gasteiger partial charge in [0.2, 0.25) is 11.0 Å². The quantitative estimate of drug-likeness (QED) is 0.827. The first-order valence-electron chi connectivity index (χ1n) is 6.51. The lowest BCUT2D eigenvalue weighted by atomic mass is 10.1. The number of nitrogens with one attached hydrogen (secondary N) is 2. The lowest BCUT2D eigenvalue weighted by Crippen LogP contribution is -2.15. The van der Waals surface area contributed by atoms with Crippen molar-refractivity contribution >= 4 is 39.8 Å². The summed E-state index contributed by atoms with van der Waals surface area (Å²) in [5.74, 6) is 0.293. The number of hydrogen-bond donors (Lipinski definition) is 2. The van der Waals surface area contributed by atoms with Gasteiger partial charge in [-0.3, -0.25) is 4.79 Å². The van der Waals surface area contributed by atoms with Gasteiger partial charge >= 0.3 is 0 Å². The van der Waals surface area contributed by atoms with Crippen LogP contribution in [0.1, 0.15) is 16.7 Å². The average molecular weight is 322 g/mol. The summed E-state index contributed by atoms with van der Waals surface area (Å²) in [6.45, 7) is 6.07. The molecule has 0 aliphatic heterocycles. The van der Waals surface area contributed by atoms with Gasteiger partial charge in [-0.05, 0) is 31.9 Å². The largest absolute Gasteiger partial charge is 0.363 e. The zero-order valence-corrected chi connectivity index (χ0v) is 14.1. The maximum atomic E-state index is 12.1. The number of anilines is 2. The third-order valence-corrected chi connectivity index (χ3v) is 4.96. The van der Waals surface area contributed by atoms with E-state index in [1.54, 1.807) is 7.05 Å². The zero-order chi connectivity index (χ0) is 15.4. The van der Waals surface area contributed by atoms with Gasteiger partial charge in [0.15, 0.2) is 4.34 Å². The Balaban J connectivity index is 1.96. The fraction of sp³-hybridized carbons (Fsp3) is 0.357. The van der Waals surface area contributed by atoms with Crippen LogP contribution in [0, 0.1) is 20.8 Å². The molecule has 7 heteroatoms. The Bertz CT molecular complexity index is 631. The van der Waals surface area contributed by atoms with Crippen LogP contribution in [-0.4, -0.2) is 28.9 Å². The van der Waals surface area contributed by atoms with Crippen molar-refractivity contribution in [2.24, 2.45) is 0 Å². The second kappa shape index (κ2) is 6.91. The minimum Gasteiger partial charge on any atom is -0.363 e. The summed E-state index contributed by atoms with van der Waals surface area (Å²) in [4.78, 5) is 12.1. The van der Waals surface area contributed by atoms with Crippen LogP contribution in [0.3, 0.4) is 0 Å². The molecule has 0 bridgehead atoms. The van der Waals surface area contributed by atoms with Crippen molar-refractivity contribution in [3.05, 3.63) is 28.8 Å². The number of carbonyl (C=O) groups is 1. The third kappa shape index (κ3) is 4.18. The number of carbonyl (C=O) groups excluding carboxylic acids is 1. The molecule has 0 saturated heterocycles. The lowest BCUT2D eigenvalue weighted by Gasteiger charge is -2.12. The summed E-state index contributed by atoms with van der Waals surface area (Å²) in [5.41, 5.74) is 4.27. The Morgan fingerprint density at radius 3 is 2.48 bits per heavy atom. The molecular formula is C14H18N4OS2. The van der Waals surface area contributed by atoms with E-state index in [1.807, 2.05) is 13.8 Å². The van der Waals surface area contributed by atoms with Gasteiger partial charge < -0.3 is 10.6 Å². The number of amides is 1. The van der Waals surface area contributed by atoms with Crippen LogP contribution >= 0.6 is 23.1 Å². The van der Waals surface area contributed by atoms with Crippen LogP contribution in [0.15, 0.2) is 16.5 Å². The molecule has 0 unspecified atom stereocenters. The number of benzene rings is 1. The second-order valence-electron chi connectivity index (χ2n) is 4.73. The van der Waals surface area contributed by atoms with Gasteiger partial charge in [0.05, 0.1) is 5.75 Å². The first kappa shape index (κ1) is 15.8. The Labute approximate surface area is 132 Å². The molecule has 0 fully saturated rings. The van der Waals surface area contributed by atoms with E-state index in [1.165, 1.54) is 28.7 Å². The molecule has 1 aromatic carbocycles. The summed E-state index contributed by atoms with van der Waals surface area (Å²) in [5, 5.41) is 14.6. The minimum atomic E-state index is -0.0312. The molecule has 21 heavy (non-hydrogen) atoms. The molecule has 0 aliphatic carbocycles. The first-order valence-corrected chi connectivity index (χ1v) is 8.31. The highest BCUT2D eigenvalue weighted by molar-refractivity contribution is 8.01. The molecule has 0 spiro atoms. The van der Waals surface area contributed by atoms with E-state index in [0.29, 0.717) is 5.75 Å². The highest BCUT2D eigenvalue weighted by Crippen LogP contribution is 2.26. The number of hydrogen-bond acceptors (Lipinski definition) is 6. The van der Waals surface area contributed by atoms with E-state index in [2.05, 4.69) is 39.9 Å². The number of nitrogens with zero attached hydrogens (tertiary/aromatic N) is 2. The standard InChI is InChI=1S/C14H18N4OS2/c1-8-5-9(2)12(10(3)6-8)16-11(19)7-20-14-18-17-13(15-4)21-14/h5-6H,7H2,1-4H3,(H,15,17)(H,16,19). The number of thioether (sulfide) groups is 1. The molecule has 0 saturated carbocycles. The maximum absolute atomic E-state index is 12.1. The van der Waals surface area contributed by atoms with Crippen molar-refractivity contribution in [3.8, 4) is 0 Å². The maximum Gasteiger partial charge on any atom is 0.234 e. The highest BCUT2D eigenvalue weighted by Gasteiger charge is 2.10. The molecule has 0 atom stereocenters. The molecule has 2 rings (SSSR count). The Kier molecular flexibility index (Phi) is 5.19. The third-order valence-electron chi connectivity index (χ3n) is 2.89. The van der Waals surface area contributed by atoms with Crippen molar-refractivity contribution < 1.29 is 4.79 Å². The van der Waals surface area contributed by atoms with Crippen molar-refractivity contribution in [3.63, 3.8) is 0 Å². The van der Waals surface area contributed by atoms with E-state index in [0.717, 1.165) is 26.3 Å². The Morgan fingerprint density at radius 1 is 1.24 bits per heavy atom. The van der Waals surface area contributed by atoms with Crippen LogP contribution in [0.25, 0.3) is 0 Å². The van der Waals surface area contributed by atoms with Crippen molar-refractivity contribution in [1.82, 2.24) is 10.2 Å². The molecule has 112 valence electrons. The van der Waals surface area contributed by atoms with E-state index >= 15 is 0 Å². The normalized spacial score (nSPS) is 10.5. The van der Waals surface area contributed by atoms with Gasteiger partial charge in [-0.15, -0.1) is 10.2 Å². The minimum absolute atomic E-state index is 0.0312. The number of aryl methyl sites for hydroxylation is 3. The number of rotatable bonds is 5. The molecular weight excluding hydrogens is 304 g/mol. The topological polar surface area (TPSA) is 66.9 Å². The molecule has 2 N–H and O–H groups in total. The molecule has 0 aliphatic rings. The number of aromatic nitrogens is 2. The lowest BCUT2D eigenvalue weighted by molar-refractivity contribution is -0.113. The van der Waals surface area contributed by atoms with Gasteiger partial charge in [0, 0.05) is 12.7 Å². The van der Waals surface area contributed by atoms with Crippen molar-refractivity contribution in [1.29, 1.82) is 0 Å². The predicted octanol–water partition coefficient (Wildman–Crippen LogP) is 3.24. The molecule has 1 aromatic heterocycles. The Morgan fingerprint density at radius 2 is 1.90 bits per heavy atom. The molecule has 1 amide bonds. The summed E-state index contributed by atoms with van der Waals surface area (Å²) < 4.78 is 0.784. The molecule has 2 aromatic rings. The summed E-state index contributed by atoms with van der Waals surface area (Å²) >= 11 is 2.83. The second-order valence-corrected chi connectivity index (χ2v) is 6.93. The van der Waals surface area contributed by atoms with Gasteiger partial charge in [-0.25, -0.2) is 0 Å². The SMILES string of the molecule is CNc1nnc(SCC(=O)Nc2c(C)cc(C)cc2C)s1. The van der Waals surface area contributed by atoms with E-state index in [-0.39, 0.29) is 5.91 Å². The van der Waals surface area contributed by atoms with Crippen molar-refractivity contribution in [2.45, 2.75) is 25.1 Å². The Hall–Kier alpha value is -1.60. The predicted molar refractivity (Wildman–Crippen MR) is 89.5 cm³/mol. The van der Waals surface area contributed by atoms with E-state index < -0.39 is 0 Å². The van der Waals surface area contributed by atoms with Gasteiger partial charge in [0.1, 0.15) is 0 Å². The molecule has 0 radical (unpaired) electrons. The van der Waals surface area contributed by atoms with Crippen molar-refractivity contribution in [2.75, 3.05) is 23.4 Å². The average Bonchev–Trinajstić information content (AvgIpc) is 2.88.